The van der Waals surface area contributed by atoms with Crippen LogP contribution in [-0.2, 0) is 9.59 Å². The van der Waals surface area contributed by atoms with Gasteiger partial charge in [-0.15, -0.1) is 11.3 Å². The maximum absolute atomic E-state index is 12.0. The van der Waals surface area contributed by atoms with Gasteiger partial charge in [0.15, 0.2) is 11.5 Å². The fraction of sp³-hybridized carbons (Fsp3) is 0.278. The standard InChI is InChI=1S/C18H21N3O5S/c1-3-26-13-7-6-12(9-14(13)25-2)21-17(23)11-19-16(22)10-20-18(24)15-5-4-8-27-15/h4-9H,3,10-11H2,1-2H3,(H,19,22)(H,20,24)(H,21,23). The molecule has 27 heavy (non-hydrogen) atoms. The molecule has 0 atom stereocenters. The Kier molecular flexibility index (Phi) is 7.63. The molecule has 0 aliphatic rings. The van der Waals surface area contributed by atoms with Crippen molar-refractivity contribution in [2.24, 2.45) is 0 Å². The number of carbonyl (C=O) groups is 3. The molecule has 0 saturated carbocycles. The second-order valence-electron chi connectivity index (χ2n) is 5.28. The van der Waals surface area contributed by atoms with Crippen molar-refractivity contribution in [2.45, 2.75) is 6.92 Å². The normalized spacial score (nSPS) is 10.0. The van der Waals surface area contributed by atoms with E-state index in [2.05, 4.69) is 16.0 Å². The quantitative estimate of drug-likeness (QED) is 0.603. The van der Waals surface area contributed by atoms with Gasteiger partial charge in [-0.25, -0.2) is 0 Å². The molecule has 3 amide bonds. The molecule has 144 valence electrons. The Labute approximate surface area is 160 Å². The van der Waals surface area contributed by atoms with E-state index in [9.17, 15) is 14.4 Å². The monoisotopic (exact) mass is 391 g/mol. The van der Waals surface area contributed by atoms with Crippen LogP contribution in [0.5, 0.6) is 11.5 Å². The van der Waals surface area contributed by atoms with Gasteiger partial charge in [0.05, 0.1) is 31.7 Å². The van der Waals surface area contributed by atoms with Crippen molar-refractivity contribution >= 4 is 34.7 Å². The van der Waals surface area contributed by atoms with Crippen LogP contribution in [0, 0.1) is 0 Å². The van der Waals surface area contributed by atoms with Gasteiger partial charge in [-0.2, -0.15) is 0 Å². The summed E-state index contributed by atoms with van der Waals surface area (Å²) in [5.41, 5.74) is 0.514. The average molecular weight is 391 g/mol. The van der Waals surface area contributed by atoms with E-state index in [-0.39, 0.29) is 19.0 Å². The van der Waals surface area contributed by atoms with E-state index in [1.54, 1.807) is 35.7 Å². The van der Waals surface area contributed by atoms with E-state index in [4.69, 9.17) is 9.47 Å². The fourth-order valence-corrected chi connectivity index (χ4v) is 2.76. The average Bonchev–Trinajstić information content (AvgIpc) is 3.20. The molecule has 8 nitrogen and oxygen atoms in total. The number of ether oxygens (including phenoxy) is 2. The lowest BCUT2D eigenvalue weighted by atomic mass is 10.2. The largest absolute Gasteiger partial charge is 0.493 e. The van der Waals surface area contributed by atoms with E-state index < -0.39 is 11.8 Å². The van der Waals surface area contributed by atoms with Gasteiger partial charge in [-0.1, -0.05) is 6.07 Å². The third-order valence-electron chi connectivity index (χ3n) is 3.35. The summed E-state index contributed by atoms with van der Waals surface area (Å²) in [6, 6.07) is 8.41. The van der Waals surface area contributed by atoms with Crippen LogP contribution in [0.25, 0.3) is 0 Å². The number of amides is 3. The summed E-state index contributed by atoms with van der Waals surface area (Å²) in [5, 5.41) is 9.36. The highest BCUT2D eigenvalue weighted by Crippen LogP contribution is 2.30. The zero-order valence-corrected chi connectivity index (χ0v) is 15.9. The summed E-state index contributed by atoms with van der Waals surface area (Å²) in [6.07, 6.45) is 0. The van der Waals surface area contributed by atoms with Gasteiger partial charge in [0.25, 0.3) is 5.91 Å². The molecule has 1 aromatic carbocycles. The summed E-state index contributed by atoms with van der Waals surface area (Å²) in [6.45, 7) is 1.93. The van der Waals surface area contributed by atoms with Crippen LogP contribution < -0.4 is 25.4 Å². The van der Waals surface area contributed by atoms with Gasteiger partial charge in [0.2, 0.25) is 11.8 Å². The van der Waals surface area contributed by atoms with E-state index >= 15 is 0 Å². The number of benzene rings is 1. The number of hydrogen-bond donors (Lipinski definition) is 3. The minimum absolute atomic E-state index is 0.207. The number of methoxy groups -OCH3 is 1. The lowest BCUT2D eigenvalue weighted by Crippen LogP contribution is -2.40. The zero-order chi connectivity index (χ0) is 19.6. The van der Waals surface area contributed by atoms with E-state index in [0.717, 1.165) is 0 Å². The minimum Gasteiger partial charge on any atom is -0.493 e. The molecule has 0 radical (unpaired) electrons. The van der Waals surface area contributed by atoms with E-state index in [1.807, 2.05) is 6.92 Å². The smallest absolute Gasteiger partial charge is 0.261 e. The van der Waals surface area contributed by atoms with Gasteiger partial charge in [-0.05, 0) is 30.5 Å². The molecule has 2 rings (SSSR count). The van der Waals surface area contributed by atoms with Crippen molar-refractivity contribution < 1.29 is 23.9 Å². The predicted octanol–water partition coefficient (Wildman–Crippen LogP) is 1.64. The molecule has 0 unspecified atom stereocenters. The Morgan fingerprint density at radius 1 is 1.04 bits per heavy atom. The molecule has 1 aromatic heterocycles. The van der Waals surface area contributed by atoms with Crippen molar-refractivity contribution in [2.75, 3.05) is 32.1 Å². The van der Waals surface area contributed by atoms with Gasteiger partial charge in [0, 0.05) is 11.8 Å². The Morgan fingerprint density at radius 2 is 1.81 bits per heavy atom. The van der Waals surface area contributed by atoms with Crippen molar-refractivity contribution in [3.05, 3.63) is 40.6 Å². The van der Waals surface area contributed by atoms with E-state index in [1.165, 1.54) is 18.4 Å². The maximum atomic E-state index is 12.0. The summed E-state index contributed by atoms with van der Waals surface area (Å²) >= 11 is 1.28. The molecule has 3 N–H and O–H groups in total. The highest BCUT2D eigenvalue weighted by molar-refractivity contribution is 7.12. The van der Waals surface area contributed by atoms with Crippen LogP contribution in [0.4, 0.5) is 5.69 Å². The fourth-order valence-electron chi connectivity index (χ4n) is 2.12. The minimum atomic E-state index is -0.459. The first-order valence-electron chi connectivity index (χ1n) is 8.22. The first-order valence-corrected chi connectivity index (χ1v) is 9.10. The molecule has 0 spiro atoms. The van der Waals surface area contributed by atoms with Crippen LogP contribution >= 0.6 is 11.3 Å². The number of nitrogens with one attached hydrogen (secondary N) is 3. The molecule has 0 aliphatic carbocycles. The van der Waals surface area contributed by atoms with Crippen molar-refractivity contribution in [1.82, 2.24) is 10.6 Å². The molecule has 0 aliphatic heterocycles. The van der Waals surface area contributed by atoms with Crippen LogP contribution in [0.2, 0.25) is 0 Å². The second-order valence-corrected chi connectivity index (χ2v) is 6.23. The van der Waals surface area contributed by atoms with Crippen LogP contribution in [0.3, 0.4) is 0 Å². The molecule has 9 heteroatoms. The first kappa shape index (κ1) is 20.2. The van der Waals surface area contributed by atoms with Crippen LogP contribution in [-0.4, -0.2) is 44.5 Å². The summed E-state index contributed by atoms with van der Waals surface area (Å²) < 4.78 is 10.6. The molecule has 0 saturated heterocycles. The Hall–Kier alpha value is -3.07. The highest BCUT2D eigenvalue weighted by Gasteiger charge is 2.11. The number of rotatable bonds is 9. The second kappa shape index (κ2) is 10.2. The molecule has 2 aromatic rings. The van der Waals surface area contributed by atoms with Crippen molar-refractivity contribution in [3.8, 4) is 11.5 Å². The van der Waals surface area contributed by atoms with Crippen LogP contribution in [0.1, 0.15) is 16.6 Å². The Balaban J connectivity index is 1.77. The molecular formula is C18H21N3O5S. The third kappa shape index (κ3) is 6.30. The zero-order valence-electron chi connectivity index (χ0n) is 15.0. The van der Waals surface area contributed by atoms with Crippen molar-refractivity contribution in [1.29, 1.82) is 0 Å². The van der Waals surface area contributed by atoms with Gasteiger partial charge >= 0.3 is 0 Å². The Morgan fingerprint density at radius 3 is 2.48 bits per heavy atom. The van der Waals surface area contributed by atoms with Gasteiger partial charge < -0.3 is 25.4 Å². The SMILES string of the molecule is CCOc1ccc(NC(=O)CNC(=O)CNC(=O)c2cccs2)cc1OC. The summed E-state index contributed by atoms with van der Waals surface area (Å²) in [7, 11) is 1.51. The van der Waals surface area contributed by atoms with Crippen molar-refractivity contribution in [3.63, 3.8) is 0 Å². The lowest BCUT2D eigenvalue weighted by Gasteiger charge is -2.12. The predicted molar refractivity (Wildman–Crippen MR) is 102 cm³/mol. The number of hydrogen-bond acceptors (Lipinski definition) is 6. The third-order valence-corrected chi connectivity index (χ3v) is 4.22. The summed E-state index contributed by atoms with van der Waals surface area (Å²) in [4.78, 5) is 36.0. The molecule has 1 heterocycles. The Bertz CT molecular complexity index is 792. The highest BCUT2D eigenvalue weighted by atomic mass is 32.1. The van der Waals surface area contributed by atoms with Gasteiger partial charge in [0.1, 0.15) is 0 Å². The number of thiophene rings is 1. The number of carbonyl (C=O) groups excluding carboxylic acids is 3. The molecule has 0 bridgehead atoms. The number of anilines is 1. The summed E-state index contributed by atoms with van der Waals surface area (Å²) in [5.74, 6) is -0.118. The molecular weight excluding hydrogens is 370 g/mol. The lowest BCUT2D eigenvalue weighted by molar-refractivity contribution is -0.123. The molecule has 0 fully saturated rings. The first-order chi connectivity index (χ1) is 13.0. The van der Waals surface area contributed by atoms with E-state index in [0.29, 0.717) is 28.7 Å². The maximum Gasteiger partial charge on any atom is 0.261 e. The van der Waals surface area contributed by atoms with Crippen LogP contribution in [0.15, 0.2) is 35.7 Å². The topological polar surface area (TPSA) is 106 Å². The van der Waals surface area contributed by atoms with Gasteiger partial charge in [-0.3, -0.25) is 14.4 Å².